The predicted octanol–water partition coefficient (Wildman–Crippen LogP) is 10.2. The Balaban J connectivity index is 0.000000166. The molecule has 6 heterocycles. The van der Waals surface area contributed by atoms with E-state index >= 15 is 0 Å². The lowest BCUT2D eigenvalue weighted by Crippen LogP contribution is -2.41. The molecule has 2 N–H and O–H groups in total. The second-order valence-electron chi connectivity index (χ2n) is 17.1. The van der Waals surface area contributed by atoms with E-state index in [9.17, 15) is 18.4 Å². The minimum atomic E-state index is -0.409. The Hall–Kier alpha value is -7.02. The molecule has 336 valence electrons. The van der Waals surface area contributed by atoms with Crippen LogP contribution in [0.1, 0.15) is 71.8 Å². The molecule has 66 heavy (non-hydrogen) atoms. The fourth-order valence-electron chi connectivity index (χ4n) is 8.96. The standard InChI is InChI=1S/2C27H26FN3O2/c2*28-22-10-8-19(9-11-22)26(24-6-3-4-14-29-24)30-27(32)20-12-15-31(16-13-20)18-23-17-21-5-1-2-7-25(21)33-23/h2*1-11,14,17,20,26H,12-13,15-16,18H2,(H,30,32). The smallest absolute Gasteiger partial charge is 0.224 e. The van der Waals surface area contributed by atoms with E-state index < -0.39 is 12.1 Å². The lowest BCUT2D eigenvalue weighted by Gasteiger charge is -2.31. The van der Waals surface area contributed by atoms with Crippen LogP contribution in [-0.4, -0.2) is 57.8 Å². The van der Waals surface area contributed by atoms with E-state index in [1.165, 1.54) is 24.3 Å². The molecule has 2 fully saturated rings. The highest BCUT2D eigenvalue weighted by Crippen LogP contribution is 2.28. The SMILES string of the molecule is O=C(NC(c1ccc(F)cc1)c1ccccn1)C1CCN(Cc2cc3ccccc3o2)CC1.O=C(NC(c1ccc(F)cc1)c1ccccn1)C1CCN(Cc2cc3ccccc3o2)CC1. The highest BCUT2D eigenvalue weighted by molar-refractivity contribution is 5.81. The number of benzene rings is 4. The summed E-state index contributed by atoms with van der Waals surface area (Å²) in [5.41, 5.74) is 4.90. The quantitative estimate of drug-likeness (QED) is 0.125. The first-order chi connectivity index (χ1) is 32.3. The molecule has 4 aromatic heterocycles. The van der Waals surface area contributed by atoms with Crippen LogP contribution in [0.4, 0.5) is 8.78 Å². The molecule has 0 saturated carbocycles. The van der Waals surface area contributed by atoms with Gasteiger partial charge in [-0.15, -0.1) is 0 Å². The second-order valence-corrected chi connectivity index (χ2v) is 17.1. The number of carbonyl (C=O) groups is 2. The van der Waals surface area contributed by atoms with Crippen LogP contribution < -0.4 is 10.6 Å². The largest absolute Gasteiger partial charge is 0.460 e. The minimum absolute atomic E-state index is 0.0124. The van der Waals surface area contributed by atoms with Crippen molar-refractivity contribution in [1.82, 2.24) is 30.4 Å². The first kappa shape index (κ1) is 44.2. The second kappa shape index (κ2) is 20.9. The maximum Gasteiger partial charge on any atom is 0.224 e. The molecule has 2 aliphatic rings. The van der Waals surface area contributed by atoms with Crippen LogP contribution in [-0.2, 0) is 22.7 Å². The number of nitrogens with one attached hydrogen (secondary N) is 2. The third-order valence-electron chi connectivity index (χ3n) is 12.6. The van der Waals surface area contributed by atoms with Crippen molar-refractivity contribution < 1.29 is 27.2 Å². The van der Waals surface area contributed by atoms with E-state index in [1.807, 2.05) is 72.8 Å². The Morgan fingerprint density at radius 3 is 1.27 bits per heavy atom. The molecule has 2 saturated heterocycles. The first-order valence-corrected chi connectivity index (χ1v) is 22.6. The number of pyridine rings is 2. The van der Waals surface area contributed by atoms with Gasteiger partial charge < -0.3 is 19.5 Å². The molecule has 2 aliphatic heterocycles. The van der Waals surface area contributed by atoms with Gasteiger partial charge in [-0.05, 0) is 136 Å². The topological polar surface area (TPSA) is 117 Å². The molecule has 0 bridgehead atoms. The highest BCUT2D eigenvalue weighted by Gasteiger charge is 2.30. The number of hydrogen-bond acceptors (Lipinski definition) is 8. The molecule has 0 aliphatic carbocycles. The predicted molar refractivity (Wildman–Crippen MR) is 250 cm³/mol. The summed E-state index contributed by atoms with van der Waals surface area (Å²) in [6.07, 6.45) is 6.53. The van der Waals surface area contributed by atoms with Crippen molar-refractivity contribution in [2.75, 3.05) is 26.2 Å². The van der Waals surface area contributed by atoms with Crippen molar-refractivity contribution in [1.29, 1.82) is 0 Å². The van der Waals surface area contributed by atoms with Gasteiger partial charge in [0, 0.05) is 35.0 Å². The zero-order valence-electron chi connectivity index (χ0n) is 36.6. The van der Waals surface area contributed by atoms with Gasteiger partial charge in [-0.25, -0.2) is 8.78 Å². The number of hydrogen-bond donors (Lipinski definition) is 2. The van der Waals surface area contributed by atoms with E-state index in [0.717, 1.165) is 121 Å². The zero-order valence-corrected chi connectivity index (χ0v) is 36.6. The summed E-state index contributed by atoms with van der Waals surface area (Å²) >= 11 is 0. The van der Waals surface area contributed by atoms with E-state index in [0.29, 0.717) is 0 Å². The molecular weight excluding hydrogens is 835 g/mol. The number of fused-ring (bicyclic) bond motifs is 2. The highest BCUT2D eigenvalue weighted by atomic mass is 19.1. The van der Waals surface area contributed by atoms with E-state index in [1.54, 1.807) is 36.7 Å². The van der Waals surface area contributed by atoms with Crippen molar-refractivity contribution in [3.8, 4) is 0 Å². The number of aromatic nitrogens is 2. The van der Waals surface area contributed by atoms with E-state index in [4.69, 9.17) is 8.83 Å². The fourth-order valence-corrected chi connectivity index (χ4v) is 8.96. The molecule has 2 unspecified atom stereocenters. The average molecular weight is 887 g/mol. The Morgan fingerprint density at radius 2 is 0.909 bits per heavy atom. The lowest BCUT2D eigenvalue weighted by atomic mass is 9.94. The lowest BCUT2D eigenvalue weighted by molar-refractivity contribution is -0.127. The number of para-hydroxylation sites is 2. The van der Waals surface area contributed by atoms with Gasteiger partial charge in [-0.1, -0.05) is 72.8 Å². The van der Waals surface area contributed by atoms with Crippen LogP contribution in [0.5, 0.6) is 0 Å². The minimum Gasteiger partial charge on any atom is -0.460 e. The molecule has 2 atom stereocenters. The monoisotopic (exact) mass is 886 g/mol. The summed E-state index contributed by atoms with van der Waals surface area (Å²) in [5.74, 6) is 1.18. The molecular formula is C54H52F2N6O4. The summed E-state index contributed by atoms with van der Waals surface area (Å²) in [6, 6.07) is 43.1. The number of piperidine rings is 2. The van der Waals surface area contributed by atoms with Crippen molar-refractivity contribution >= 4 is 33.8 Å². The number of likely N-dealkylation sites (tertiary alicyclic amines) is 2. The molecule has 10 nitrogen and oxygen atoms in total. The van der Waals surface area contributed by atoms with Crippen molar-refractivity contribution in [2.24, 2.45) is 11.8 Å². The third-order valence-corrected chi connectivity index (χ3v) is 12.6. The third kappa shape index (κ3) is 11.1. The van der Waals surface area contributed by atoms with Crippen LogP contribution in [0, 0.1) is 23.5 Å². The molecule has 0 radical (unpaired) electrons. The van der Waals surface area contributed by atoms with Crippen LogP contribution in [0.25, 0.3) is 21.9 Å². The molecule has 4 aromatic carbocycles. The number of halogens is 2. The van der Waals surface area contributed by atoms with Crippen molar-refractivity contribution in [3.05, 3.63) is 204 Å². The first-order valence-electron chi connectivity index (χ1n) is 22.6. The Labute approximate surface area is 382 Å². The van der Waals surface area contributed by atoms with Gasteiger partial charge in [0.2, 0.25) is 11.8 Å². The number of rotatable bonds is 12. The number of amides is 2. The maximum atomic E-state index is 13.4. The van der Waals surface area contributed by atoms with Gasteiger partial charge in [0.1, 0.15) is 34.3 Å². The van der Waals surface area contributed by atoms with Gasteiger partial charge in [0.15, 0.2) is 0 Å². The van der Waals surface area contributed by atoms with Crippen LogP contribution in [0.15, 0.2) is 167 Å². The Morgan fingerprint density at radius 1 is 0.530 bits per heavy atom. The van der Waals surface area contributed by atoms with Gasteiger partial charge in [0.05, 0.1) is 36.6 Å². The van der Waals surface area contributed by atoms with Gasteiger partial charge in [-0.2, -0.15) is 0 Å². The van der Waals surface area contributed by atoms with Crippen LogP contribution in [0.3, 0.4) is 0 Å². The van der Waals surface area contributed by atoms with Gasteiger partial charge in [-0.3, -0.25) is 29.4 Å². The fraction of sp³-hybridized carbons (Fsp3) is 0.259. The van der Waals surface area contributed by atoms with E-state index in [2.05, 4.69) is 54.7 Å². The molecule has 2 amide bonds. The summed E-state index contributed by atoms with van der Waals surface area (Å²) < 4.78 is 38.8. The average Bonchev–Trinajstić information content (AvgIpc) is 3.97. The van der Waals surface area contributed by atoms with Crippen LogP contribution in [0.2, 0.25) is 0 Å². The van der Waals surface area contributed by atoms with Crippen molar-refractivity contribution in [3.63, 3.8) is 0 Å². The molecule has 12 heteroatoms. The number of nitrogens with zero attached hydrogens (tertiary/aromatic N) is 4. The summed E-state index contributed by atoms with van der Waals surface area (Å²) in [5, 5.41) is 8.55. The summed E-state index contributed by atoms with van der Waals surface area (Å²) in [6.45, 7) is 4.82. The van der Waals surface area contributed by atoms with Crippen LogP contribution >= 0.6 is 0 Å². The summed E-state index contributed by atoms with van der Waals surface area (Å²) in [4.78, 5) is 39.8. The molecule has 8 aromatic rings. The van der Waals surface area contributed by atoms with Gasteiger partial charge >= 0.3 is 0 Å². The number of furan rings is 2. The zero-order chi connectivity index (χ0) is 45.2. The molecule has 0 spiro atoms. The molecule has 10 rings (SSSR count). The van der Waals surface area contributed by atoms with Gasteiger partial charge in [0.25, 0.3) is 0 Å². The normalized spacial score (nSPS) is 16.0. The summed E-state index contributed by atoms with van der Waals surface area (Å²) in [7, 11) is 0. The van der Waals surface area contributed by atoms with E-state index in [-0.39, 0.29) is 35.3 Å². The maximum absolute atomic E-state index is 13.4. The Kier molecular flexibility index (Phi) is 14.0. The van der Waals surface area contributed by atoms with Crippen molar-refractivity contribution in [2.45, 2.75) is 50.9 Å². The Bertz CT molecular complexity index is 2560. The number of carbonyl (C=O) groups excluding carboxylic acids is 2.